The van der Waals surface area contributed by atoms with E-state index in [2.05, 4.69) is 179 Å². The van der Waals surface area contributed by atoms with E-state index in [4.69, 9.17) is 6.57 Å². The van der Waals surface area contributed by atoms with Crippen LogP contribution in [0.25, 0.3) is 93.2 Å². The molecular formula is C57H32N4. The number of rotatable bonds is 4. The summed E-state index contributed by atoms with van der Waals surface area (Å²) >= 11 is 0. The Bertz CT molecular complexity index is 3310. The van der Waals surface area contributed by atoms with Gasteiger partial charge in [0.05, 0.1) is 5.41 Å². The van der Waals surface area contributed by atoms with E-state index in [1.165, 1.54) is 77.2 Å². The van der Waals surface area contributed by atoms with Gasteiger partial charge in [-0.3, -0.25) is 0 Å². The van der Waals surface area contributed by atoms with Gasteiger partial charge in [0.1, 0.15) is 18.0 Å². The van der Waals surface area contributed by atoms with E-state index >= 15 is 0 Å². The maximum Gasteiger partial charge on any atom is 0.270 e. The van der Waals surface area contributed by atoms with Gasteiger partial charge in [-0.25, -0.2) is 4.98 Å². The average Bonchev–Trinajstić information content (AvgIpc) is 3.81. The summed E-state index contributed by atoms with van der Waals surface area (Å²) in [6.07, 6.45) is 3.40. The summed E-state index contributed by atoms with van der Waals surface area (Å²) in [7, 11) is 0. The van der Waals surface area contributed by atoms with Crippen LogP contribution < -0.4 is 0 Å². The Hall–Kier alpha value is -8.44. The topological polar surface area (TPSA) is 53.9 Å². The molecule has 61 heavy (non-hydrogen) atoms. The molecule has 2 aromatic heterocycles. The number of nitrogens with zero attached hydrogens (tertiary/aromatic N) is 4. The normalized spacial score (nSPS) is 12.7. The molecule has 0 amide bonds. The standard InChI is InChI=1S/C57H32N4/c1-59-54-31-40(27-29-61-54)36-20-24-38(25-21-36)49-33-53-56(47-15-5-3-11-43(47)49)55-46-14-4-2-10-42(46)48(37-22-18-35(19-23-37)39-26-28-60-41(30-39)34-58)32-52(55)57(53)50-16-8-6-12-44(50)45-13-7-9-17-51(45)57/h2-33H. The highest BCUT2D eigenvalue weighted by atomic mass is 14.8. The molecule has 4 nitrogen and oxygen atoms in total. The van der Waals surface area contributed by atoms with Crippen molar-refractivity contribution in [3.8, 4) is 72.8 Å². The molecule has 0 fully saturated rings. The number of fused-ring (bicyclic) bond motifs is 14. The lowest BCUT2D eigenvalue weighted by molar-refractivity contribution is 0.795. The first-order valence-corrected chi connectivity index (χ1v) is 20.4. The number of hydrogen-bond acceptors (Lipinski definition) is 3. The Kier molecular flexibility index (Phi) is 7.54. The number of hydrogen-bond donors (Lipinski definition) is 0. The Morgan fingerprint density at radius 2 is 0.852 bits per heavy atom. The predicted molar refractivity (Wildman–Crippen MR) is 246 cm³/mol. The number of nitriles is 1. The molecule has 2 aliphatic rings. The molecule has 0 saturated carbocycles. The molecule has 0 unspecified atom stereocenters. The molecule has 0 saturated heterocycles. The Morgan fingerprint density at radius 3 is 1.36 bits per heavy atom. The summed E-state index contributed by atoms with van der Waals surface area (Å²) in [6, 6.07) is 68.1. The molecule has 0 aliphatic heterocycles. The van der Waals surface area contributed by atoms with Gasteiger partial charge in [-0.05, 0) is 147 Å². The number of pyridine rings is 2. The minimum atomic E-state index is -0.590. The fourth-order valence-corrected chi connectivity index (χ4v) is 10.3. The van der Waals surface area contributed by atoms with Gasteiger partial charge < -0.3 is 4.85 Å². The summed E-state index contributed by atoms with van der Waals surface area (Å²) in [6.45, 7) is 7.50. The van der Waals surface area contributed by atoms with Gasteiger partial charge in [-0.15, -0.1) is 4.98 Å². The second-order valence-electron chi connectivity index (χ2n) is 15.8. The van der Waals surface area contributed by atoms with E-state index in [-0.39, 0.29) is 0 Å². The van der Waals surface area contributed by atoms with E-state index < -0.39 is 5.41 Å². The molecule has 1 spiro atoms. The highest BCUT2D eigenvalue weighted by Crippen LogP contribution is 2.66. The third kappa shape index (κ3) is 4.97. The summed E-state index contributed by atoms with van der Waals surface area (Å²) in [5.41, 5.74) is 18.7. The van der Waals surface area contributed by atoms with Crippen molar-refractivity contribution in [2.24, 2.45) is 0 Å². The third-order valence-electron chi connectivity index (χ3n) is 12.9. The van der Waals surface area contributed by atoms with Crippen LogP contribution in [0.3, 0.4) is 0 Å². The second kappa shape index (κ2) is 13.3. The molecule has 280 valence electrons. The van der Waals surface area contributed by atoms with E-state index in [9.17, 15) is 5.26 Å². The zero-order valence-electron chi connectivity index (χ0n) is 32.8. The molecular weight excluding hydrogens is 741 g/mol. The van der Waals surface area contributed by atoms with Crippen molar-refractivity contribution in [3.63, 3.8) is 0 Å². The molecule has 12 rings (SSSR count). The highest BCUT2D eigenvalue weighted by molar-refractivity contribution is 6.18. The van der Waals surface area contributed by atoms with Gasteiger partial charge in [0.25, 0.3) is 5.82 Å². The molecule has 4 heteroatoms. The molecule has 0 atom stereocenters. The fraction of sp³-hybridized carbons (Fsp3) is 0.0175. The minimum absolute atomic E-state index is 0.390. The van der Waals surface area contributed by atoms with Gasteiger partial charge >= 0.3 is 0 Å². The van der Waals surface area contributed by atoms with Crippen molar-refractivity contribution < 1.29 is 0 Å². The zero-order chi connectivity index (χ0) is 40.7. The largest absolute Gasteiger partial charge is 0.361 e. The summed E-state index contributed by atoms with van der Waals surface area (Å²) < 4.78 is 0. The third-order valence-corrected chi connectivity index (χ3v) is 12.9. The van der Waals surface area contributed by atoms with Crippen LogP contribution in [-0.4, -0.2) is 9.97 Å². The minimum Gasteiger partial charge on any atom is -0.361 e. The SMILES string of the molecule is [C-]#[N+]c1cc(-c2ccc(-c3cc4c(c5ccccc35)-c3c(cc(-c5ccc(-c6ccnc(C#N)c6)cc5)c5ccccc35)C43c4ccccc4-c4ccccc43)cc2)ccn1. The van der Waals surface area contributed by atoms with Crippen LogP contribution in [0.15, 0.2) is 194 Å². The van der Waals surface area contributed by atoms with Crippen molar-refractivity contribution >= 4 is 27.4 Å². The summed E-state index contributed by atoms with van der Waals surface area (Å²) in [5.74, 6) is 0.390. The molecule has 8 aromatic carbocycles. The van der Waals surface area contributed by atoms with Crippen molar-refractivity contribution in [3.05, 3.63) is 234 Å². The first-order chi connectivity index (χ1) is 30.1. The first-order valence-electron chi connectivity index (χ1n) is 20.4. The predicted octanol–water partition coefficient (Wildman–Crippen LogP) is 14.2. The Morgan fingerprint density at radius 1 is 0.410 bits per heavy atom. The van der Waals surface area contributed by atoms with Crippen LogP contribution in [0, 0.1) is 17.9 Å². The first kappa shape index (κ1) is 34.6. The lowest BCUT2D eigenvalue weighted by atomic mass is 9.69. The number of benzene rings is 8. The average molecular weight is 773 g/mol. The van der Waals surface area contributed by atoms with Crippen molar-refractivity contribution in [1.82, 2.24) is 9.97 Å². The molecule has 10 aromatic rings. The maximum absolute atomic E-state index is 9.53. The fourth-order valence-electron chi connectivity index (χ4n) is 10.3. The second-order valence-corrected chi connectivity index (χ2v) is 15.8. The smallest absolute Gasteiger partial charge is 0.270 e. The molecule has 0 radical (unpaired) electrons. The molecule has 0 N–H and O–H groups in total. The van der Waals surface area contributed by atoms with Crippen molar-refractivity contribution in [2.75, 3.05) is 0 Å². The van der Waals surface area contributed by atoms with E-state index in [1.807, 2.05) is 24.3 Å². The van der Waals surface area contributed by atoms with Crippen molar-refractivity contribution in [2.45, 2.75) is 5.41 Å². The van der Waals surface area contributed by atoms with Crippen LogP contribution in [0.5, 0.6) is 0 Å². The van der Waals surface area contributed by atoms with Crippen LogP contribution in [0.1, 0.15) is 27.9 Å². The van der Waals surface area contributed by atoms with Gasteiger partial charge in [0, 0.05) is 6.20 Å². The van der Waals surface area contributed by atoms with E-state index in [0.29, 0.717) is 11.5 Å². The maximum atomic E-state index is 9.53. The highest BCUT2D eigenvalue weighted by Gasteiger charge is 2.53. The quantitative estimate of drug-likeness (QED) is 0.167. The van der Waals surface area contributed by atoms with E-state index in [1.54, 1.807) is 12.4 Å². The van der Waals surface area contributed by atoms with Crippen LogP contribution in [0.2, 0.25) is 0 Å². The molecule has 0 bridgehead atoms. The zero-order valence-corrected chi connectivity index (χ0v) is 32.8. The summed E-state index contributed by atoms with van der Waals surface area (Å²) in [4.78, 5) is 12.0. The summed E-state index contributed by atoms with van der Waals surface area (Å²) in [5, 5.41) is 14.4. The van der Waals surface area contributed by atoms with Crippen LogP contribution in [0.4, 0.5) is 5.82 Å². The van der Waals surface area contributed by atoms with Crippen molar-refractivity contribution in [1.29, 1.82) is 5.26 Å². The monoisotopic (exact) mass is 772 g/mol. The lowest BCUT2D eigenvalue weighted by Gasteiger charge is -2.31. The Balaban J connectivity index is 1.15. The van der Waals surface area contributed by atoms with Gasteiger partial charge in [0.15, 0.2) is 0 Å². The van der Waals surface area contributed by atoms with Crippen LogP contribution in [-0.2, 0) is 5.41 Å². The molecule has 2 heterocycles. The van der Waals surface area contributed by atoms with Gasteiger partial charge in [0.2, 0.25) is 0 Å². The van der Waals surface area contributed by atoms with Gasteiger partial charge in [-0.2, -0.15) is 5.26 Å². The Labute approximate surface area is 353 Å². The van der Waals surface area contributed by atoms with Crippen LogP contribution >= 0.6 is 0 Å². The van der Waals surface area contributed by atoms with Gasteiger partial charge in [-0.1, -0.05) is 152 Å². The van der Waals surface area contributed by atoms with E-state index in [0.717, 1.165) is 33.4 Å². The molecule has 2 aliphatic carbocycles. The number of aromatic nitrogens is 2. The lowest BCUT2D eigenvalue weighted by Crippen LogP contribution is -2.26.